The number of hydrogen-bond donors (Lipinski definition) is 1. The summed E-state index contributed by atoms with van der Waals surface area (Å²) in [5, 5.41) is 0. The van der Waals surface area contributed by atoms with Crippen LogP contribution in [0.4, 0.5) is 5.95 Å². The van der Waals surface area contributed by atoms with Crippen LogP contribution in [0.3, 0.4) is 0 Å². The van der Waals surface area contributed by atoms with Gasteiger partial charge in [-0.05, 0) is 19.4 Å². The number of anilines is 1. The van der Waals surface area contributed by atoms with Crippen molar-refractivity contribution in [3.05, 3.63) is 46.4 Å². The topological polar surface area (TPSA) is 104 Å². The maximum absolute atomic E-state index is 12.7. The Balaban J connectivity index is 1.74. The van der Waals surface area contributed by atoms with Crippen molar-refractivity contribution < 1.29 is 9.53 Å². The number of nitrogen functional groups attached to an aromatic ring is 1. The van der Waals surface area contributed by atoms with Crippen molar-refractivity contribution in [1.82, 2.24) is 19.9 Å². The van der Waals surface area contributed by atoms with Crippen LogP contribution < -0.4 is 10.5 Å². The van der Waals surface area contributed by atoms with E-state index in [2.05, 4.69) is 19.9 Å². The first-order chi connectivity index (χ1) is 12.6. The van der Waals surface area contributed by atoms with E-state index >= 15 is 0 Å². The van der Waals surface area contributed by atoms with Crippen LogP contribution in [0.5, 0.6) is 5.88 Å². The molecule has 0 unspecified atom stereocenters. The van der Waals surface area contributed by atoms with Crippen molar-refractivity contribution in [3.8, 4) is 16.5 Å². The molecule has 8 heteroatoms. The lowest BCUT2D eigenvalue weighted by atomic mass is 9.83. The third-order valence-electron chi connectivity index (χ3n) is 4.48. The summed E-state index contributed by atoms with van der Waals surface area (Å²) in [5.41, 5.74) is 11.2. The molecule has 3 aromatic rings. The standard InChI is InChI=1S/C18H17N5O2S/c1-9-15-12(23-18(19)21-9)6-10(7-13(15)24)16-17(26-8-20-16)11-4-3-5-14(22-11)25-2/h3-5,8,10H,6-7H2,1-2H3,(H2,19,21,23)/t10-/m1/s1. The minimum absolute atomic E-state index is 0.0336. The molecule has 26 heavy (non-hydrogen) atoms. The van der Waals surface area contributed by atoms with Crippen LogP contribution in [0.1, 0.15) is 39.8 Å². The SMILES string of the molecule is COc1cccc(-c2scnc2[C@H]2CC(=O)c3c(C)nc(N)nc3C2)n1. The highest BCUT2D eigenvalue weighted by molar-refractivity contribution is 7.13. The maximum atomic E-state index is 12.7. The minimum Gasteiger partial charge on any atom is -0.481 e. The molecule has 3 aromatic heterocycles. The third kappa shape index (κ3) is 2.82. The highest BCUT2D eigenvalue weighted by atomic mass is 32.1. The average Bonchev–Trinajstić information content (AvgIpc) is 3.10. The largest absolute Gasteiger partial charge is 0.481 e. The summed E-state index contributed by atoms with van der Waals surface area (Å²) in [7, 11) is 1.59. The Morgan fingerprint density at radius 2 is 2.08 bits per heavy atom. The van der Waals surface area contributed by atoms with E-state index in [1.54, 1.807) is 25.6 Å². The Labute approximate surface area is 154 Å². The lowest BCUT2D eigenvalue weighted by molar-refractivity contribution is 0.0961. The van der Waals surface area contributed by atoms with Gasteiger partial charge < -0.3 is 10.5 Å². The molecule has 4 rings (SSSR count). The molecule has 0 saturated carbocycles. The fourth-order valence-electron chi connectivity index (χ4n) is 3.38. The van der Waals surface area contributed by atoms with E-state index in [4.69, 9.17) is 10.5 Å². The summed E-state index contributed by atoms with van der Waals surface area (Å²) in [4.78, 5) is 31.1. The van der Waals surface area contributed by atoms with Crippen molar-refractivity contribution >= 4 is 23.1 Å². The molecule has 7 nitrogen and oxygen atoms in total. The molecule has 2 N–H and O–H groups in total. The molecule has 0 amide bonds. The number of hydrogen-bond acceptors (Lipinski definition) is 8. The van der Waals surface area contributed by atoms with Gasteiger partial charge in [0.2, 0.25) is 11.8 Å². The second-order valence-electron chi connectivity index (χ2n) is 6.15. The van der Waals surface area contributed by atoms with Crippen molar-refractivity contribution in [3.63, 3.8) is 0 Å². The van der Waals surface area contributed by atoms with Crippen LogP contribution in [0, 0.1) is 6.92 Å². The van der Waals surface area contributed by atoms with Gasteiger partial charge in [-0.3, -0.25) is 4.79 Å². The van der Waals surface area contributed by atoms with Gasteiger partial charge in [0.25, 0.3) is 0 Å². The third-order valence-corrected chi connectivity index (χ3v) is 5.34. The number of ketones is 1. The van der Waals surface area contributed by atoms with Gasteiger partial charge >= 0.3 is 0 Å². The van der Waals surface area contributed by atoms with Gasteiger partial charge in [0, 0.05) is 18.4 Å². The molecule has 0 bridgehead atoms. The first-order valence-electron chi connectivity index (χ1n) is 8.17. The van der Waals surface area contributed by atoms with Crippen molar-refractivity contribution in [2.24, 2.45) is 0 Å². The van der Waals surface area contributed by atoms with E-state index in [1.807, 2.05) is 12.1 Å². The summed E-state index contributed by atoms with van der Waals surface area (Å²) in [6.07, 6.45) is 0.983. The maximum Gasteiger partial charge on any atom is 0.220 e. The summed E-state index contributed by atoms with van der Waals surface area (Å²) in [6.45, 7) is 1.80. The van der Waals surface area contributed by atoms with E-state index in [9.17, 15) is 4.79 Å². The van der Waals surface area contributed by atoms with Crippen LogP contribution in [0.2, 0.25) is 0 Å². The molecule has 0 radical (unpaired) electrons. The number of aromatic nitrogens is 4. The lowest BCUT2D eigenvalue weighted by Crippen LogP contribution is -2.23. The van der Waals surface area contributed by atoms with E-state index < -0.39 is 0 Å². The van der Waals surface area contributed by atoms with Crippen LogP contribution >= 0.6 is 11.3 Å². The predicted octanol–water partition coefficient (Wildman–Crippen LogP) is 2.81. The number of Topliss-reactive ketones (excluding diaryl/α,β-unsaturated/α-hetero) is 1. The van der Waals surface area contributed by atoms with Crippen LogP contribution in [0.15, 0.2) is 23.7 Å². The molecule has 1 aliphatic carbocycles. The van der Waals surface area contributed by atoms with E-state index in [0.717, 1.165) is 16.3 Å². The van der Waals surface area contributed by atoms with Crippen LogP contribution in [-0.2, 0) is 6.42 Å². The number of thiazole rings is 1. The first-order valence-corrected chi connectivity index (χ1v) is 9.05. The number of rotatable bonds is 3. The molecule has 0 fully saturated rings. The predicted molar refractivity (Wildman–Crippen MR) is 98.5 cm³/mol. The van der Waals surface area contributed by atoms with Crippen molar-refractivity contribution in [2.75, 3.05) is 12.8 Å². The smallest absolute Gasteiger partial charge is 0.220 e. The molecule has 1 aliphatic rings. The zero-order valence-electron chi connectivity index (χ0n) is 14.4. The quantitative estimate of drug-likeness (QED) is 0.759. The number of carbonyl (C=O) groups excluding carboxylic acids is 1. The molecule has 0 saturated heterocycles. The fourth-order valence-corrected chi connectivity index (χ4v) is 4.23. The van der Waals surface area contributed by atoms with Crippen LogP contribution in [0.25, 0.3) is 10.6 Å². The summed E-state index contributed by atoms with van der Waals surface area (Å²) < 4.78 is 5.22. The molecule has 3 heterocycles. The van der Waals surface area contributed by atoms with E-state index in [0.29, 0.717) is 35.7 Å². The van der Waals surface area contributed by atoms with Gasteiger partial charge in [0.05, 0.1) is 45.8 Å². The zero-order chi connectivity index (χ0) is 18.3. The molecular formula is C18H17N5O2S. The number of carbonyl (C=O) groups is 1. The Hall–Kier alpha value is -2.87. The van der Waals surface area contributed by atoms with Gasteiger partial charge in [-0.1, -0.05) is 6.07 Å². The second-order valence-corrected chi connectivity index (χ2v) is 7.00. The highest BCUT2D eigenvalue weighted by Crippen LogP contribution is 2.38. The van der Waals surface area contributed by atoms with Crippen molar-refractivity contribution in [2.45, 2.75) is 25.7 Å². The van der Waals surface area contributed by atoms with E-state index in [-0.39, 0.29) is 17.6 Å². The normalized spacial score (nSPS) is 16.4. The number of methoxy groups -OCH3 is 1. The van der Waals surface area contributed by atoms with Gasteiger partial charge in [0.15, 0.2) is 5.78 Å². The zero-order valence-corrected chi connectivity index (χ0v) is 15.2. The highest BCUT2D eigenvalue weighted by Gasteiger charge is 2.32. The number of nitrogens with zero attached hydrogens (tertiary/aromatic N) is 4. The summed E-state index contributed by atoms with van der Waals surface area (Å²) in [5.74, 6) is 0.718. The Morgan fingerprint density at radius 1 is 1.23 bits per heavy atom. The van der Waals surface area contributed by atoms with Crippen molar-refractivity contribution in [1.29, 1.82) is 0 Å². The Kier molecular flexibility index (Phi) is 4.12. The number of ether oxygens (including phenoxy) is 1. The molecule has 0 aromatic carbocycles. The number of pyridine rings is 1. The number of aryl methyl sites for hydroxylation is 1. The minimum atomic E-state index is -0.0575. The molecule has 1 atom stereocenters. The molecule has 132 valence electrons. The molecular weight excluding hydrogens is 350 g/mol. The van der Waals surface area contributed by atoms with Crippen LogP contribution in [-0.4, -0.2) is 32.8 Å². The summed E-state index contributed by atoms with van der Waals surface area (Å²) >= 11 is 1.51. The van der Waals surface area contributed by atoms with Gasteiger partial charge in [-0.2, -0.15) is 0 Å². The molecule has 0 spiro atoms. The van der Waals surface area contributed by atoms with E-state index in [1.165, 1.54) is 11.3 Å². The first kappa shape index (κ1) is 16.6. The summed E-state index contributed by atoms with van der Waals surface area (Å²) in [6, 6.07) is 5.61. The number of nitrogens with two attached hydrogens (primary N) is 1. The fraction of sp³-hybridized carbons (Fsp3) is 0.278. The Bertz CT molecular complexity index is 1000. The molecule has 0 aliphatic heterocycles. The monoisotopic (exact) mass is 367 g/mol. The number of fused-ring (bicyclic) bond motifs is 1. The lowest BCUT2D eigenvalue weighted by Gasteiger charge is -2.23. The van der Waals surface area contributed by atoms with Gasteiger partial charge in [-0.15, -0.1) is 11.3 Å². The average molecular weight is 367 g/mol. The van der Waals surface area contributed by atoms with Gasteiger partial charge in [-0.25, -0.2) is 19.9 Å². The van der Waals surface area contributed by atoms with Gasteiger partial charge in [0.1, 0.15) is 0 Å². The Morgan fingerprint density at radius 3 is 2.88 bits per heavy atom. The second kappa shape index (κ2) is 6.45.